The Kier molecular flexibility index (Phi) is 4.45. The Balaban J connectivity index is 3.17. The van der Waals surface area contributed by atoms with Crippen LogP contribution in [-0.4, -0.2) is 28.9 Å². The number of aromatic nitrogens is 1. The molecule has 0 aliphatic rings. The molecule has 0 saturated heterocycles. The topological polar surface area (TPSA) is 68.5 Å². The van der Waals surface area contributed by atoms with Crippen LogP contribution in [0.3, 0.4) is 0 Å². The third kappa shape index (κ3) is 2.94. The average molecular weight is 239 g/mol. The molecule has 1 heterocycles. The number of nitrogens with zero attached hydrogens (tertiary/aromatic N) is 1. The van der Waals surface area contributed by atoms with Gasteiger partial charge in [-0.1, -0.05) is 0 Å². The third-order valence-electron chi connectivity index (χ3n) is 2.58. The van der Waals surface area contributed by atoms with Gasteiger partial charge in [-0.15, -0.1) is 0 Å². The van der Waals surface area contributed by atoms with Crippen molar-refractivity contribution < 1.29 is 14.6 Å². The van der Waals surface area contributed by atoms with Gasteiger partial charge in [0.05, 0.1) is 6.61 Å². The van der Waals surface area contributed by atoms with Crippen LogP contribution in [0.5, 0.6) is 0 Å². The number of carboxylic acids is 1. The predicted molar refractivity (Wildman–Crippen MR) is 63.6 cm³/mol. The Morgan fingerprint density at radius 2 is 2.12 bits per heavy atom. The smallest absolute Gasteiger partial charge is 0.341 e. The van der Waals surface area contributed by atoms with Gasteiger partial charge >= 0.3 is 5.97 Å². The molecule has 1 aromatic heterocycles. The predicted octanol–water partition coefficient (Wildman–Crippen LogP) is 1.20. The lowest BCUT2D eigenvalue weighted by atomic mass is 10.1. The summed E-state index contributed by atoms with van der Waals surface area (Å²) < 4.78 is 6.61. The first-order valence-electron chi connectivity index (χ1n) is 5.51. The molecular formula is C12H17NO4. The van der Waals surface area contributed by atoms with Gasteiger partial charge in [0, 0.05) is 18.8 Å². The molecule has 5 heteroatoms. The number of carboxylic acid groups (broad SMARTS) is 1. The van der Waals surface area contributed by atoms with Gasteiger partial charge < -0.3 is 14.4 Å². The Hall–Kier alpha value is -1.62. The number of ether oxygens (including phenoxy) is 1. The van der Waals surface area contributed by atoms with Gasteiger partial charge in [-0.25, -0.2) is 4.79 Å². The highest BCUT2D eigenvalue weighted by Crippen LogP contribution is 2.06. The van der Waals surface area contributed by atoms with E-state index in [-0.39, 0.29) is 5.56 Å². The second kappa shape index (κ2) is 5.63. The molecule has 5 nitrogen and oxygen atoms in total. The van der Waals surface area contributed by atoms with Gasteiger partial charge in [0.1, 0.15) is 5.56 Å². The van der Waals surface area contributed by atoms with Crippen LogP contribution in [0.4, 0.5) is 0 Å². The fourth-order valence-corrected chi connectivity index (χ4v) is 1.77. The quantitative estimate of drug-likeness (QED) is 0.784. The van der Waals surface area contributed by atoms with Crippen LogP contribution in [-0.2, 0) is 11.3 Å². The normalized spacial score (nSPS) is 10.5. The minimum Gasteiger partial charge on any atom is -0.477 e. The van der Waals surface area contributed by atoms with E-state index >= 15 is 0 Å². The zero-order valence-corrected chi connectivity index (χ0v) is 10.3. The summed E-state index contributed by atoms with van der Waals surface area (Å²) in [6.07, 6.45) is 0. The van der Waals surface area contributed by atoms with E-state index in [1.165, 1.54) is 4.57 Å². The van der Waals surface area contributed by atoms with E-state index in [0.717, 1.165) is 5.69 Å². The third-order valence-corrected chi connectivity index (χ3v) is 2.58. The standard InChI is InChI=1S/C12H17NO4/c1-4-17-6-5-13-9(3)7-8(2)10(11(13)14)12(15)16/h7H,4-6H2,1-3H3,(H,15,16). The first-order valence-corrected chi connectivity index (χ1v) is 5.51. The fraction of sp³-hybridized carbons (Fsp3) is 0.500. The lowest BCUT2D eigenvalue weighted by molar-refractivity contribution is 0.0692. The van der Waals surface area contributed by atoms with Crippen LogP contribution in [0.1, 0.15) is 28.5 Å². The summed E-state index contributed by atoms with van der Waals surface area (Å²) in [5.41, 5.74) is 0.617. The van der Waals surface area contributed by atoms with Crippen molar-refractivity contribution in [2.45, 2.75) is 27.3 Å². The van der Waals surface area contributed by atoms with E-state index in [1.54, 1.807) is 19.9 Å². The maximum atomic E-state index is 12.0. The Labute approximate surface area is 99.6 Å². The molecule has 1 rings (SSSR count). The van der Waals surface area contributed by atoms with Crippen molar-refractivity contribution in [3.8, 4) is 0 Å². The minimum absolute atomic E-state index is 0.160. The first kappa shape index (κ1) is 13.4. The van der Waals surface area contributed by atoms with E-state index in [1.807, 2.05) is 6.92 Å². The molecule has 0 fully saturated rings. The van der Waals surface area contributed by atoms with Crippen molar-refractivity contribution in [3.63, 3.8) is 0 Å². The molecule has 0 aliphatic heterocycles. The monoisotopic (exact) mass is 239 g/mol. The van der Waals surface area contributed by atoms with Gasteiger partial charge in [-0.2, -0.15) is 0 Å². The number of rotatable bonds is 5. The molecular weight excluding hydrogens is 222 g/mol. The van der Waals surface area contributed by atoms with Gasteiger partial charge in [-0.3, -0.25) is 4.79 Å². The number of hydrogen-bond acceptors (Lipinski definition) is 3. The Morgan fingerprint density at radius 1 is 1.47 bits per heavy atom. The van der Waals surface area contributed by atoms with Gasteiger partial charge in [0.2, 0.25) is 0 Å². The van der Waals surface area contributed by atoms with Crippen LogP contribution >= 0.6 is 0 Å². The molecule has 0 saturated carbocycles. The van der Waals surface area contributed by atoms with E-state index < -0.39 is 11.5 Å². The highest BCUT2D eigenvalue weighted by molar-refractivity contribution is 5.88. The van der Waals surface area contributed by atoms with Crippen molar-refractivity contribution in [2.24, 2.45) is 0 Å². The molecule has 0 bridgehead atoms. The fourth-order valence-electron chi connectivity index (χ4n) is 1.77. The second-order valence-corrected chi connectivity index (χ2v) is 3.80. The van der Waals surface area contributed by atoms with Crippen molar-refractivity contribution in [2.75, 3.05) is 13.2 Å². The highest BCUT2D eigenvalue weighted by atomic mass is 16.5. The number of pyridine rings is 1. The Morgan fingerprint density at radius 3 is 2.65 bits per heavy atom. The number of carbonyl (C=O) groups is 1. The number of aryl methyl sites for hydroxylation is 2. The van der Waals surface area contributed by atoms with Crippen molar-refractivity contribution >= 4 is 5.97 Å². The van der Waals surface area contributed by atoms with Crippen LogP contribution in [0.2, 0.25) is 0 Å². The molecule has 94 valence electrons. The summed E-state index contributed by atoms with van der Waals surface area (Å²) in [6.45, 7) is 6.63. The van der Waals surface area contributed by atoms with Crippen molar-refractivity contribution in [1.29, 1.82) is 0 Å². The lowest BCUT2D eigenvalue weighted by Gasteiger charge is -2.12. The lowest BCUT2D eigenvalue weighted by Crippen LogP contribution is -2.30. The number of aromatic carboxylic acids is 1. The molecule has 0 aliphatic carbocycles. The van der Waals surface area contributed by atoms with Crippen LogP contribution < -0.4 is 5.56 Å². The highest BCUT2D eigenvalue weighted by Gasteiger charge is 2.16. The SMILES string of the molecule is CCOCCn1c(C)cc(C)c(C(=O)O)c1=O. The van der Waals surface area contributed by atoms with Gasteiger partial charge in [-0.05, 0) is 32.4 Å². The molecule has 0 atom stereocenters. The average Bonchev–Trinajstić information content (AvgIpc) is 2.21. The summed E-state index contributed by atoms with van der Waals surface area (Å²) in [6, 6.07) is 1.71. The maximum Gasteiger partial charge on any atom is 0.341 e. The van der Waals surface area contributed by atoms with Crippen LogP contribution in [0, 0.1) is 13.8 Å². The van der Waals surface area contributed by atoms with Crippen LogP contribution in [0.25, 0.3) is 0 Å². The van der Waals surface area contributed by atoms with E-state index in [2.05, 4.69) is 0 Å². The minimum atomic E-state index is -1.18. The summed E-state index contributed by atoms with van der Waals surface area (Å²) in [7, 11) is 0. The summed E-state index contributed by atoms with van der Waals surface area (Å²) in [4.78, 5) is 23.0. The van der Waals surface area contributed by atoms with Gasteiger partial charge in [0.25, 0.3) is 5.56 Å². The first-order chi connectivity index (χ1) is 7.99. The van der Waals surface area contributed by atoms with E-state index in [4.69, 9.17) is 9.84 Å². The largest absolute Gasteiger partial charge is 0.477 e. The molecule has 0 radical (unpaired) electrons. The maximum absolute atomic E-state index is 12.0. The zero-order valence-electron chi connectivity index (χ0n) is 10.3. The summed E-state index contributed by atoms with van der Waals surface area (Å²) >= 11 is 0. The van der Waals surface area contributed by atoms with Crippen molar-refractivity contribution in [1.82, 2.24) is 4.57 Å². The van der Waals surface area contributed by atoms with E-state index in [0.29, 0.717) is 25.3 Å². The molecule has 1 aromatic rings. The molecule has 0 unspecified atom stereocenters. The van der Waals surface area contributed by atoms with E-state index in [9.17, 15) is 9.59 Å². The second-order valence-electron chi connectivity index (χ2n) is 3.80. The summed E-state index contributed by atoms with van der Waals surface area (Å²) in [5, 5.41) is 8.99. The molecule has 0 aromatic carbocycles. The molecule has 0 amide bonds. The molecule has 1 N–H and O–H groups in total. The van der Waals surface area contributed by atoms with Gasteiger partial charge in [0.15, 0.2) is 0 Å². The van der Waals surface area contributed by atoms with Crippen molar-refractivity contribution in [3.05, 3.63) is 33.2 Å². The van der Waals surface area contributed by atoms with Crippen LogP contribution in [0.15, 0.2) is 10.9 Å². The molecule has 17 heavy (non-hydrogen) atoms. The number of hydrogen-bond donors (Lipinski definition) is 1. The molecule has 0 spiro atoms. The Bertz CT molecular complexity index is 476. The zero-order chi connectivity index (χ0) is 13.0. The summed E-state index contributed by atoms with van der Waals surface area (Å²) in [5.74, 6) is -1.18.